The lowest BCUT2D eigenvalue weighted by molar-refractivity contribution is -0.270. The minimum atomic E-state index is -5.90. The summed E-state index contributed by atoms with van der Waals surface area (Å²) in [6, 6.07) is 5.57. The highest BCUT2D eigenvalue weighted by atomic mass is 19.4. The summed E-state index contributed by atoms with van der Waals surface area (Å²) in [6.45, 7) is 3.01. The van der Waals surface area contributed by atoms with E-state index in [0.29, 0.717) is 11.1 Å². The summed E-state index contributed by atoms with van der Waals surface area (Å²) in [5.41, 5.74) is 1.17. The van der Waals surface area contributed by atoms with Gasteiger partial charge < -0.3 is 5.32 Å². The molecular formula is C12H12F5NO. The molecule has 7 heteroatoms. The number of halogens is 5. The molecule has 2 nitrogen and oxygen atoms in total. The third-order valence-electron chi connectivity index (χ3n) is 2.64. The van der Waals surface area contributed by atoms with Gasteiger partial charge in [0.05, 0.1) is 6.04 Å². The van der Waals surface area contributed by atoms with Gasteiger partial charge >= 0.3 is 18.0 Å². The Labute approximate surface area is 106 Å². The topological polar surface area (TPSA) is 29.1 Å². The fraction of sp³-hybridized carbons (Fsp3) is 0.417. The first-order valence-electron chi connectivity index (χ1n) is 5.38. The van der Waals surface area contributed by atoms with E-state index in [9.17, 15) is 26.7 Å². The number of alkyl halides is 5. The van der Waals surface area contributed by atoms with Gasteiger partial charge in [0.25, 0.3) is 0 Å². The number of hydrogen-bond donors (Lipinski definition) is 1. The fourth-order valence-corrected chi connectivity index (χ4v) is 1.57. The summed E-state index contributed by atoms with van der Waals surface area (Å²) in [7, 11) is 0. The maximum absolute atomic E-state index is 12.8. The van der Waals surface area contributed by atoms with Crippen LogP contribution in [0.25, 0.3) is 0 Å². The van der Waals surface area contributed by atoms with Gasteiger partial charge in [0.15, 0.2) is 0 Å². The first kappa shape index (κ1) is 15.4. The van der Waals surface area contributed by atoms with E-state index >= 15 is 0 Å². The van der Waals surface area contributed by atoms with Gasteiger partial charge in [-0.2, -0.15) is 22.0 Å². The maximum Gasteiger partial charge on any atom is 0.463 e. The second-order valence-corrected chi connectivity index (χ2v) is 4.12. The van der Waals surface area contributed by atoms with E-state index < -0.39 is 24.0 Å². The molecule has 0 saturated carbocycles. The van der Waals surface area contributed by atoms with Gasteiger partial charge in [0.1, 0.15) is 0 Å². The molecule has 0 unspecified atom stereocenters. The Kier molecular flexibility index (Phi) is 4.17. The van der Waals surface area contributed by atoms with Crippen molar-refractivity contribution in [2.75, 3.05) is 0 Å². The Hall–Kier alpha value is -1.66. The summed E-state index contributed by atoms with van der Waals surface area (Å²) in [6.07, 6.45) is -5.90. The Morgan fingerprint density at radius 1 is 1.16 bits per heavy atom. The van der Waals surface area contributed by atoms with Crippen LogP contribution < -0.4 is 5.32 Å². The van der Waals surface area contributed by atoms with E-state index in [1.165, 1.54) is 6.92 Å². The van der Waals surface area contributed by atoms with Gasteiger partial charge in [-0.25, -0.2) is 0 Å². The summed E-state index contributed by atoms with van der Waals surface area (Å²) < 4.78 is 61.5. The number of rotatable bonds is 3. The molecule has 0 radical (unpaired) electrons. The van der Waals surface area contributed by atoms with Crippen LogP contribution >= 0.6 is 0 Å². The second kappa shape index (κ2) is 5.14. The number of carbonyl (C=O) groups excluding carboxylic acids is 1. The molecule has 0 aromatic heterocycles. The zero-order valence-corrected chi connectivity index (χ0v) is 10.2. The normalized spacial score (nSPS) is 14.1. The van der Waals surface area contributed by atoms with Crippen LogP contribution in [0.1, 0.15) is 24.1 Å². The Morgan fingerprint density at radius 3 is 2.16 bits per heavy atom. The molecule has 0 spiro atoms. The van der Waals surface area contributed by atoms with Gasteiger partial charge in [-0.1, -0.05) is 24.3 Å². The molecule has 1 amide bonds. The van der Waals surface area contributed by atoms with Crippen LogP contribution in [-0.4, -0.2) is 18.0 Å². The quantitative estimate of drug-likeness (QED) is 0.846. The van der Waals surface area contributed by atoms with E-state index in [1.54, 1.807) is 36.5 Å². The Bertz CT molecular complexity index is 469. The molecule has 0 aliphatic carbocycles. The van der Waals surface area contributed by atoms with Crippen molar-refractivity contribution in [1.82, 2.24) is 5.32 Å². The van der Waals surface area contributed by atoms with Gasteiger partial charge in [0.2, 0.25) is 0 Å². The molecule has 1 aromatic rings. The third-order valence-corrected chi connectivity index (χ3v) is 2.64. The lowest BCUT2D eigenvalue weighted by Gasteiger charge is -2.22. The number of aryl methyl sites for hydroxylation is 1. The highest BCUT2D eigenvalue weighted by Gasteiger charge is 2.63. The minimum Gasteiger partial charge on any atom is -0.344 e. The van der Waals surface area contributed by atoms with Crippen LogP contribution in [0.15, 0.2) is 24.3 Å². The van der Waals surface area contributed by atoms with Crippen molar-refractivity contribution in [2.45, 2.75) is 32.0 Å². The molecule has 1 aromatic carbocycles. The molecule has 0 bridgehead atoms. The zero-order valence-electron chi connectivity index (χ0n) is 10.2. The molecule has 0 heterocycles. The molecule has 0 aliphatic rings. The number of benzene rings is 1. The summed E-state index contributed by atoms with van der Waals surface area (Å²) in [5, 5.41) is 1.67. The standard InChI is InChI=1S/C12H12F5NO/c1-7-5-3-4-6-9(7)8(2)18-10(19)11(13,14)12(15,16)17/h3-6,8H,1-2H3,(H,18,19)/t8-/m0/s1. The molecule has 0 aliphatic heterocycles. The first-order chi connectivity index (χ1) is 8.57. The molecule has 1 N–H and O–H groups in total. The Morgan fingerprint density at radius 2 is 1.68 bits per heavy atom. The largest absolute Gasteiger partial charge is 0.463 e. The summed E-state index contributed by atoms with van der Waals surface area (Å²) in [4.78, 5) is 11.0. The van der Waals surface area contributed by atoms with Crippen LogP contribution in [0.2, 0.25) is 0 Å². The molecular weight excluding hydrogens is 269 g/mol. The molecule has 19 heavy (non-hydrogen) atoms. The number of nitrogens with one attached hydrogen (secondary N) is 1. The SMILES string of the molecule is Cc1ccccc1[C@H](C)NC(=O)C(F)(F)C(F)(F)F. The monoisotopic (exact) mass is 281 g/mol. The van der Waals surface area contributed by atoms with Crippen LogP contribution in [0.5, 0.6) is 0 Å². The van der Waals surface area contributed by atoms with E-state index in [-0.39, 0.29) is 0 Å². The van der Waals surface area contributed by atoms with Crippen molar-refractivity contribution in [3.63, 3.8) is 0 Å². The van der Waals surface area contributed by atoms with Gasteiger partial charge in [0, 0.05) is 0 Å². The minimum absolute atomic E-state index is 0.480. The average Bonchev–Trinajstić information content (AvgIpc) is 2.27. The maximum atomic E-state index is 12.8. The van der Waals surface area contributed by atoms with E-state index in [1.807, 2.05) is 0 Å². The van der Waals surface area contributed by atoms with Crippen molar-refractivity contribution in [2.24, 2.45) is 0 Å². The predicted molar refractivity (Wildman–Crippen MR) is 58.7 cm³/mol. The second-order valence-electron chi connectivity index (χ2n) is 4.12. The molecule has 0 fully saturated rings. The Balaban J connectivity index is 2.87. The van der Waals surface area contributed by atoms with Crippen LogP contribution in [0, 0.1) is 6.92 Å². The number of carbonyl (C=O) groups is 1. The van der Waals surface area contributed by atoms with Crippen LogP contribution in [0.4, 0.5) is 22.0 Å². The fourth-order valence-electron chi connectivity index (χ4n) is 1.57. The molecule has 106 valence electrons. The van der Waals surface area contributed by atoms with Crippen molar-refractivity contribution in [1.29, 1.82) is 0 Å². The highest BCUT2D eigenvalue weighted by Crippen LogP contribution is 2.36. The predicted octanol–water partition coefficient (Wildman–Crippen LogP) is 3.37. The van der Waals surface area contributed by atoms with Crippen molar-refractivity contribution < 1.29 is 26.7 Å². The third kappa shape index (κ3) is 3.21. The van der Waals surface area contributed by atoms with Gasteiger partial charge in [-0.05, 0) is 25.0 Å². The highest BCUT2D eigenvalue weighted by molar-refractivity contribution is 5.84. The first-order valence-corrected chi connectivity index (χ1v) is 5.38. The summed E-state index contributed by atoms with van der Waals surface area (Å²) in [5.74, 6) is -7.75. The van der Waals surface area contributed by atoms with Crippen LogP contribution in [0.3, 0.4) is 0 Å². The number of amides is 1. The van der Waals surface area contributed by atoms with Crippen molar-refractivity contribution >= 4 is 5.91 Å². The van der Waals surface area contributed by atoms with E-state index in [2.05, 4.69) is 0 Å². The average molecular weight is 281 g/mol. The lowest BCUT2D eigenvalue weighted by atomic mass is 10.0. The van der Waals surface area contributed by atoms with Gasteiger partial charge in [-0.15, -0.1) is 0 Å². The smallest absolute Gasteiger partial charge is 0.344 e. The number of hydrogen-bond acceptors (Lipinski definition) is 1. The molecule has 1 rings (SSSR count). The molecule has 0 saturated heterocycles. The van der Waals surface area contributed by atoms with Crippen molar-refractivity contribution in [3.05, 3.63) is 35.4 Å². The zero-order chi connectivity index (χ0) is 14.8. The van der Waals surface area contributed by atoms with E-state index in [4.69, 9.17) is 0 Å². The van der Waals surface area contributed by atoms with E-state index in [0.717, 1.165) is 0 Å². The van der Waals surface area contributed by atoms with Crippen LogP contribution in [-0.2, 0) is 4.79 Å². The van der Waals surface area contributed by atoms with Gasteiger partial charge in [-0.3, -0.25) is 4.79 Å². The summed E-state index contributed by atoms with van der Waals surface area (Å²) >= 11 is 0. The lowest BCUT2D eigenvalue weighted by Crippen LogP contribution is -2.50. The van der Waals surface area contributed by atoms with Crippen molar-refractivity contribution in [3.8, 4) is 0 Å². The molecule has 1 atom stereocenters.